The second-order valence-electron chi connectivity index (χ2n) is 3.80. The Morgan fingerprint density at radius 2 is 2.11 bits per heavy atom. The largest absolute Gasteiger partial charge is 1.00 e. The molecule has 0 aliphatic heterocycles. The number of aryl methyl sites for hydroxylation is 1. The highest BCUT2D eigenvalue weighted by Crippen LogP contribution is 1.93. The monoisotopic (exact) mass is 326 g/mol. The lowest BCUT2D eigenvalue weighted by atomic mass is 10.3. The molecule has 0 spiro atoms. The summed E-state index contributed by atoms with van der Waals surface area (Å²) in [5.41, 5.74) is 0.792. The number of pyridine rings is 1. The van der Waals surface area contributed by atoms with Crippen LogP contribution in [0.25, 0.3) is 0 Å². The maximum atomic E-state index is 11.5. The van der Waals surface area contributed by atoms with Crippen LogP contribution in [0.4, 0.5) is 0 Å². The summed E-state index contributed by atoms with van der Waals surface area (Å²) in [6.45, 7) is 0.967. The fourth-order valence-corrected chi connectivity index (χ4v) is 1.49. The molecule has 2 aromatic rings. The third-order valence-electron chi connectivity index (χ3n) is 2.44. The van der Waals surface area contributed by atoms with E-state index in [1.54, 1.807) is 6.20 Å². The lowest BCUT2D eigenvalue weighted by Crippen LogP contribution is -3.00. The van der Waals surface area contributed by atoms with Crippen molar-refractivity contribution >= 4 is 5.97 Å². The van der Waals surface area contributed by atoms with Crippen molar-refractivity contribution in [1.82, 2.24) is 15.4 Å². The second-order valence-corrected chi connectivity index (χ2v) is 3.80. The number of hydrogen-bond donors (Lipinski definition) is 1. The first kappa shape index (κ1) is 15.3. The van der Waals surface area contributed by atoms with Crippen LogP contribution in [0.15, 0.2) is 36.8 Å². The van der Waals surface area contributed by atoms with Crippen LogP contribution in [-0.4, -0.2) is 28.0 Å². The summed E-state index contributed by atoms with van der Waals surface area (Å²) in [6.07, 6.45) is 6.41. The van der Waals surface area contributed by atoms with Crippen LogP contribution in [0.1, 0.15) is 12.1 Å². The number of esters is 1. The molecule has 0 bridgehead atoms. The molecule has 0 aliphatic carbocycles. The first-order chi connectivity index (χ1) is 8.84. The van der Waals surface area contributed by atoms with Gasteiger partial charge < -0.3 is 21.7 Å². The summed E-state index contributed by atoms with van der Waals surface area (Å²) >= 11 is 0. The Kier molecular flexibility index (Phi) is 6.73. The number of nitrogens with one attached hydrogen (secondary N) is 1. The number of carbonyl (C=O) groups is 1. The molecule has 0 radical (unpaired) electrons. The van der Waals surface area contributed by atoms with Crippen LogP contribution in [0.2, 0.25) is 0 Å². The minimum absolute atomic E-state index is 0. The van der Waals surface area contributed by atoms with Crippen LogP contribution in [0.3, 0.4) is 0 Å². The highest BCUT2D eigenvalue weighted by Gasteiger charge is 2.07. The average Bonchev–Trinajstić information content (AvgIpc) is 2.91. The zero-order valence-corrected chi connectivity index (χ0v) is 11.9. The van der Waals surface area contributed by atoms with Crippen LogP contribution in [0, 0.1) is 0 Å². The number of ether oxygens (including phenoxy) is 1. The summed E-state index contributed by atoms with van der Waals surface area (Å²) in [6, 6.07) is 5.79. The van der Waals surface area contributed by atoms with Crippen LogP contribution >= 0.6 is 0 Å². The second kappa shape index (κ2) is 8.36. The molecule has 6 nitrogen and oxygen atoms in total. The highest BCUT2D eigenvalue weighted by molar-refractivity contribution is 5.69. The van der Waals surface area contributed by atoms with Gasteiger partial charge in [-0.05, 0) is 0 Å². The predicted molar refractivity (Wildman–Crippen MR) is 62.3 cm³/mol. The van der Waals surface area contributed by atoms with Crippen LogP contribution in [-0.2, 0) is 22.5 Å². The molecule has 2 aromatic heterocycles. The van der Waals surface area contributed by atoms with Gasteiger partial charge in [0, 0.05) is 18.6 Å². The molecule has 0 aromatic carbocycles. The standard InChI is InChI=1S/C12H15N4O2.BrH/c17-12(4-8-16-6-2-1-3-7-16)18-9-5-11-10-13-15-14-11;/h1-3,6-7,10H,4-5,8-9H2,(H,13,14,15);1H/q+1;/p-1. The normalized spacial score (nSPS) is 9.68. The highest BCUT2D eigenvalue weighted by atomic mass is 79.9. The molecule has 0 atom stereocenters. The Labute approximate surface area is 121 Å². The molecular weight excluding hydrogens is 312 g/mol. The van der Waals surface area contributed by atoms with E-state index >= 15 is 0 Å². The fourth-order valence-electron chi connectivity index (χ4n) is 1.49. The van der Waals surface area contributed by atoms with Crippen molar-refractivity contribution in [3.8, 4) is 0 Å². The van der Waals surface area contributed by atoms with Crippen molar-refractivity contribution in [3.05, 3.63) is 42.5 Å². The number of rotatable bonds is 6. The minimum Gasteiger partial charge on any atom is -1.00 e. The number of halogens is 1. The van der Waals surface area contributed by atoms with E-state index < -0.39 is 0 Å². The SMILES string of the molecule is O=C(CC[n+]1ccccc1)OCCc1cn[nH]n1.[Br-]. The van der Waals surface area contributed by atoms with E-state index in [2.05, 4.69) is 15.4 Å². The van der Waals surface area contributed by atoms with Crippen molar-refractivity contribution < 1.29 is 31.1 Å². The summed E-state index contributed by atoms with van der Waals surface area (Å²) in [5.74, 6) is -0.199. The molecule has 0 saturated heterocycles. The molecule has 19 heavy (non-hydrogen) atoms. The van der Waals surface area contributed by atoms with Gasteiger partial charge in [-0.3, -0.25) is 4.79 Å². The number of nitrogens with zero attached hydrogens (tertiary/aromatic N) is 3. The van der Waals surface area contributed by atoms with Crippen LogP contribution < -0.4 is 21.5 Å². The number of aromatic amines is 1. The maximum absolute atomic E-state index is 11.5. The number of aromatic nitrogens is 4. The molecular formula is C12H15BrN4O2. The third kappa shape index (κ3) is 5.60. The van der Waals surface area contributed by atoms with Crippen LogP contribution in [0.5, 0.6) is 0 Å². The first-order valence-electron chi connectivity index (χ1n) is 5.79. The number of carbonyl (C=O) groups excluding carboxylic acids is 1. The number of H-pyrrole nitrogens is 1. The Morgan fingerprint density at radius 1 is 1.32 bits per heavy atom. The van der Waals surface area contributed by atoms with Gasteiger partial charge in [-0.2, -0.15) is 15.4 Å². The van der Waals surface area contributed by atoms with Gasteiger partial charge in [0.25, 0.3) is 0 Å². The van der Waals surface area contributed by atoms with Gasteiger partial charge in [0.1, 0.15) is 6.42 Å². The Bertz CT molecular complexity index is 476. The fraction of sp³-hybridized carbons (Fsp3) is 0.333. The zero-order chi connectivity index (χ0) is 12.6. The maximum Gasteiger partial charge on any atom is 0.312 e. The van der Waals surface area contributed by atoms with Crippen molar-refractivity contribution in [1.29, 1.82) is 0 Å². The van der Waals surface area contributed by atoms with Gasteiger partial charge in [0.15, 0.2) is 18.9 Å². The van der Waals surface area contributed by atoms with E-state index in [1.165, 1.54) is 0 Å². The van der Waals surface area contributed by atoms with E-state index in [0.717, 1.165) is 5.69 Å². The van der Waals surface area contributed by atoms with Gasteiger partial charge in [0.05, 0.1) is 18.5 Å². The molecule has 0 saturated carbocycles. The Hall–Kier alpha value is -1.76. The lowest BCUT2D eigenvalue weighted by molar-refractivity contribution is -0.696. The topological polar surface area (TPSA) is 71.8 Å². The third-order valence-corrected chi connectivity index (χ3v) is 2.44. The molecule has 1 N–H and O–H groups in total. The van der Waals surface area contributed by atoms with E-state index in [9.17, 15) is 4.79 Å². The molecule has 0 unspecified atom stereocenters. The summed E-state index contributed by atoms with van der Waals surface area (Å²) in [4.78, 5) is 11.5. The predicted octanol–water partition coefficient (Wildman–Crippen LogP) is -2.73. The molecule has 0 aliphatic rings. The zero-order valence-electron chi connectivity index (χ0n) is 10.3. The van der Waals surface area contributed by atoms with Crippen molar-refractivity contribution in [3.63, 3.8) is 0 Å². The molecule has 2 heterocycles. The smallest absolute Gasteiger partial charge is 0.312 e. The first-order valence-corrected chi connectivity index (χ1v) is 5.79. The van der Waals surface area contributed by atoms with E-state index in [0.29, 0.717) is 26.0 Å². The van der Waals surface area contributed by atoms with Gasteiger partial charge in [-0.15, -0.1) is 0 Å². The Balaban J connectivity index is 0.00000180. The summed E-state index contributed by atoms with van der Waals surface area (Å²) in [7, 11) is 0. The Morgan fingerprint density at radius 3 is 2.79 bits per heavy atom. The van der Waals surface area contributed by atoms with Gasteiger partial charge in [-0.25, -0.2) is 4.57 Å². The van der Waals surface area contributed by atoms with E-state index in [1.807, 2.05) is 35.2 Å². The molecule has 0 amide bonds. The molecule has 7 heteroatoms. The van der Waals surface area contributed by atoms with Gasteiger partial charge in [-0.1, -0.05) is 6.07 Å². The average molecular weight is 327 g/mol. The summed E-state index contributed by atoms with van der Waals surface area (Å²) < 4.78 is 7.05. The van der Waals surface area contributed by atoms with E-state index in [4.69, 9.17) is 4.74 Å². The van der Waals surface area contributed by atoms with E-state index in [-0.39, 0.29) is 23.0 Å². The lowest BCUT2D eigenvalue weighted by Gasteiger charge is -2.01. The van der Waals surface area contributed by atoms with Gasteiger partial charge in [0.2, 0.25) is 0 Å². The summed E-state index contributed by atoms with van der Waals surface area (Å²) in [5, 5.41) is 10.1. The molecule has 2 rings (SSSR count). The number of hydrogen-bond acceptors (Lipinski definition) is 4. The molecule has 102 valence electrons. The minimum atomic E-state index is -0.199. The quantitative estimate of drug-likeness (QED) is 0.462. The van der Waals surface area contributed by atoms with Crippen molar-refractivity contribution in [2.45, 2.75) is 19.4 Å². The van der Waals surface area contributed by atoms with Crippen molar-refractivity contribution in [2.24, 2.45) is 0 Å². The molecule has 0 fully saturated rings. The van der Waals surface area contributed by atoms with Gasteiger partial charge >= 0.3 is 5.97 Å². The van der Waals surface area contributed by atoms with Crippen molar-refractivity contribution in [2.75, 3.05) is 6.61 Å².